The summed E-state index contributed by atoms with van der Waals surface area (Å²) in [6.07, 6.45) is 0.989. The average molecular weight is 277 g/mol. The van der Waals surface area contributed by atoms with Gasteiger partial charge in [0, 0.05) is 0 Å². The third kappa shape index (κ3) is 3.70. The van der Waals surface area contributed by atoms with E-state index in [4.69, 9.17) is 16.3 Å². The number of halogens is 3. The molecule has 6 heteroatoms. The van der Waals surface area contributed by atoms with E-state index in [9.17, 15) is 13.6 Å². The number of hydrogen-bond donors (Lipinski definition) is 0. The zero-order chi connectivity index (χ0) is 13.7. The van der Waals surface area contributed by atoms with E-state index in [0.717, 1.165) is 18.2 Å². The number of hydrogen-bond acceptors (Lipinski definition) is 3. The standard InChI is InChI=1S/C12H11ClF2O3/c1-3-17-10(16)6-7(2)18-12-9(14)5-4-8(13)11(12)15/h4-6H,3H2,1-2H3. The summed E-state index contributed by atoms with van der Waals surface area (Å²) < 4.78 is 36.3. The Labute approximate surface area is 108 Å². The van der Waals surface area contributed by atoms with E-state index in [1.165, 1.54) is 6.92 Å². The van der Waals surface area contributed by atoms with E-state index in [0.29, 0.717) is 0 Å². The Morgan fingerprint density at radius 1 is 1.44 bits per heavy atom. The van der Waals surface area contributed by atoms with Gasteiger partial charge in [0.1, 0.15) is 5.76 Å². The van der Waals surface area contributed by atoms with Crippen LogP contribution in [-0.4, -0.2) is 12.6 Å². The van der Waals surface area contributed by atoms with Gasteiger partial charge < -0.3 is 9.47 Å². The second-order valence-corrected chi connectivity index (χ2v) is 3.69. The van der Waals surface area contributed by atoms with Crippen LogP contribution in [0.2, 0.25) is 5.02 Å². The Hall–Kier alpha value is -1.62. The number of carbonyl (C=O) groups is 1. The highest BCUT2D eigenvalue weighted by Gasteiger charge is 2.15. The molecule has 0 aliphatic heterocycles. The summed E-state index contributed by atoms with van der Waals surface area (Å²) >= 11 is 5.49. The van der Waals surface area contributed by atoms with Gasteiger partial charge in [-0.3, -0.25) is 0 Å². The fourth-order valence-electron chi connectivity index (χ4n) is 1.14. The lowest BCUT2D eigenvalue weighted by Gasteiger charge is -2.08. The predicted molar refractivity (Wildman–Crippen MR) is 62.4 cm³/mol. The third-order valence-corrected chi connectivity index (χ3v) is 2.16. The van der Waals surface area contributed by atoms with Crippen molar-refractivity contribution < 1.29 is 23.0 Å². The van der Waals surface area contributed by atoms with E-state index in [2.05, 4.69) is 4.74 Å². The molecular formula is C12H11ClF2O3. The van der Waals surface area contributed by atoms with Gasteiger partial charge in [0.2, 0.25) is 0 Å². The van der Waals surface area contributed by atoms with Gasteiger partial charge in [-0.15, -0.1) is 0 Å². The number of rotatable bonds is 4. The van der Waals surface area contributed by atoms with Crippen LogP contribution in [0, 0.1) is 11.6 Å². The highest BCUT2D eigenvalue weighted by molar-refractivity contribution is 6.30. The van der Waals surface area contributed by atoms with Crippen LogP contribution >= 0.6 is 11.6 Å². The molecule has 0 aliphatic rings. The Morgan fingerprint density at radius 2 is 2.11 bits per heavy atom. The second-order valence-electron chi connectivity index (χ2n) is 3.28. The van der Waals surface area contributed by atoms with Crippen molar-refractivity contribution in [3.8, 4) is 5.75 Å². The quantitative estimate of drug-likeness (QED) is 0.366. The Balaban J connectivity index is 2.91. The zero-order valence-electron chi connectivity index (χ0n) is 9.80. The normalized spacial score (nSPS) is 11.3. The van der Waals surface area contributed by atoms with Crippen LogP contribution in [0.1, 0.15) is 13.8 Å². The lowest BCUT2D eigenvalue weighted by molar-refractivity contribution is -0.137. The fraction of sp³-hybridized carbons (Fsp3) is 0.250. The maximum atomic E-state index is 13.5. The summed E-state index contributed by atoms with van der Waals surface area (Å²) in [5.41, 5.74) is 0. The highest BCUT2D eigenvalue weighted by atomic mass is 35.5. The van der Waals surface area contributed by atoms with Gasteiger partial charge in [-0.05, 0) is 26.0 Å². The predicted octanol–water partition coefficient (Wildman–Crippen LogP) is 3.46. The van der Waals surface area contributed by atoms with Gasteiger partial charge >= 0.3 is 5.97 Å². The summed E-state index contributed by atoms with van der Waals surface area (Å²) in [6, 6.07) is 2.04. The minimum absolute atomic E-state index is 0.00600. The molecule has 18 heavy (non-hydrogen) atoms. The van der Waals surface area contributed by atoms with Crippen molar-refractivity contribution in [1.82, 2.24) is 0 Å². The number of carbonyl (C=O) groups excluding carboxylic acids is 1. The fourth-order valence-corrected chi connectivity index (χ4v) is 1.29. The molecule has 0 unspecified atom stereocenters. The molecule has 0 atom stereocenters. The van der Waals surface area contributed by atoms with Crippen LogP contribution in [0.4, 0.5) is 8.78 Å². The molecule has 1 aromatic rings. The van der Waals surface area contributed by atoms with E-state index < -0.39 is 23.4 Å². The van der Waals surface area contributed by atoms with Crippen LogP contribution in [0.15, 0.2) is 24.0 Å². The molecule has 0 fully saturated rings. The van der Waals surface area contributed by atoms with Crippen LogP contribution < -0.4 is 4.74 Å². The van der Waals surface area contributed by atoms with E-state index in [-0.39, 0.29) is 17.4 Å². The molecular weight excluding hydrogens is 266 g/mol. The Bertz CT molecular complexity index is 486. The first-order valence-corrected chi connectivity index (χ1v) is 5.50. The molecule has 0 aliphatic carbocycles. The van der Waals surface area contributed by atoms with Crippen LogP contribution in [-0.2, 0) is 9.53 Å². The van der Waals surface area contributed by atoms with E-state index in [1.54, 1.807) is 6.92 Å². The topological polar surface area (TPSA) is 35.5 Å². The van der Waals surface area contributed by atoms with Crippen LogP contribution in [0.3, 0.4) is 0 Å². The molecule has 1 rings (SSSR count). The maximum absolute atomic E-state index is 13.5. The number of allylic oxidation sites excluding steroid dienone is 1. The monoisotopic (exact) mass is 276 g/mol. The molecule has 1 aromatic carbocycles. The smallest absolute Gasteiger partial charge is 0.334 e. The van der Waals surface area contributed by atoms with Gasteiger partial charge in [0.05, 0.1) is 17.7 Å². The first kappa shape index (κ1) is 14.4. The summed E-state index contributed by atoms with van der Waals surface area (Å²) in [4.78, 5) is 11.1. The molecule has 3 nitrogen and oxygen atoms in total. The molecule has 0 heterocycles. The molecule has 0 aromatic heterocycles. The lowest BCUT2D eigenvalue weighted by atomic mass is 10.3. The molecule has 0 saturated heterocycles. The van der Waals surface area contributed by atoms with Gasteiger partial charge in [0.25, 0.3) is 0 Å². The molecule has 0 spiro atoms. The minimum atomic E-state index is -1.02. The minimum Gasteiger partial charge on any atom is -0.463 e. The number of benzene rings is 1. The van der Waals surface area contributed by atoms with Crippen molar-refractivity contribution in [3.05, 3.63) is 40.6 Å². The molecule has 98 valence electrons. The van der Waals surface area contributed by atoms with Crippen LogP contribution in [0.5, 0.6) is 5.75 Å². The van der Waals surface area contributed by atoms with Crippen molar-refractivity contribution in [2.75, 3.05) is 6.61 Å². The summed E-state index contributed by atoms with van der Waals surface area (Å²) in [5, 5.41) is -0.268. The average Bonchev–Trinajstić information content (AvgIpc) is 2.30. The largest absolute Gasteiger partial charge is 0.463 e. The Kier molecular flexibility index (Phi) is 5.09. The number of esters is 1. The lowest BCUT2D eigenvalue weighted by Crippen LogP contribution is -2.04. The summed E-state index contributed by atoms with van der Waals surface area (Å²) in [6.45, 7) is 3.21. The SMILES string of the molecule is CCOC(=O)C=C(C)Oc1c(F)ccc(Cl)c1F. The van der Waals surface area contributed by atoms with E-state index in [1.807, 2.05) is 0 Å². The third-order valence-electron chi connectivity index (χ3n) is 1.87. The zero-order valence-corrected chi connectivity index (χ0v) is 10.6. The molecule has 0 N–H and O–H groups in total. The molecule has 0 radical (unpaired) electrons. The van der Waals surface area contributed by atoms with Crippen LogP contribution in [0.25, 0.3) is 0 Å². The van der Waals surface area contributed by atoms with Crippen molar-refractivity contribution >= 4 is 17.6 Å². The molecule has 0 saturated carbocycles. The van der Waals surface area contributed by atoms with Gasteiger partial charge in [0.15, 0.2) is 17.4 Å². The highest BCUT2D eigenvalue weighted by Crippen LogP contribution is 2.28. The first-order chi connectivity index (χ1) is 8.45. The van der Waals surface area contributed by atoms with E-state index >= 15 is 0 Å². The van der Waals surface area contributed by atoms with Crippen molar-refractivity contribution in [1.29, 1.82) is 0 Å². The van der Waals surface area contributed by atoms with Gasteiger partial charge in [-0.25, -0.2) is 13.6 Å². The first-order valence-electron chi connectivity index (χ1n) is 5.12. The van der Waals surface area contributed by atoms with Crippen molar-refractivity contribution in [2.45, 2.75) is 13.8 Å². The second kappa shape index (κ2) is 6.35. The summed E-state index contributed by atoms with van der Waals surface area (Å²) in [5.74, 6) is -3.24. The van der Waals surface area contributed by atoms with Crippen molar-refractivity contribution in [3.63, 3.8) is 0 Å². The summed E-state index contributed by atoms with van der Waals surface area (Å²) in [7, 11) is 0. The maximum Gasteiger partial charge on any atom is 0.334 e. The Morgan fingerprint density at radius 3 is 2.72 bits per heavy atom. The molecule has 0 amide bonds. The van der Waals surface area contributed by atoms with Gasteiger partial charge in [-0.1, -0.05) is 11.6 Å². The van der Waals surface area contributed by atoms with Crippen molar-refractivity contribution in [2.24, 2.45) is 0 Å². The molecule has 0 bridgehead atoms. The van der Waals surface area contributed by atoms with Gasteiger partial charge in [-0.2, -0.15) is 0 Å². The number of ether oxygens (including phenoxy) is 2.